The maximum absolute atomic E-state index is 6.40. The highest BCUT2D eigenvalue weighted by molar-refractivity contribution is 6.31. The number of piperazine rings is 1. The molecular weight excluding hydrogens is 270 g/mol. The number of hydrogen-bond acceptors (Lipinski definition) is 3. The van der Waals surface area contributed by atoms with Crippen molar-refractivity contribution in [3.63, 3.8) is 0 Å². The molecule has 2 atom stereocenters. The molecule has 112 valence electrons. The van der Waals surface area contributed by atoms with Gasteiger partial charge >= 0.3 is 0 Å². The first-order valence-electron chi connectivity index (χ1n) is 7.50. The van der Waals surface area contributed by atoms with E-state index in [0.717, 1.165) is 36.6 Å². The lowest BCUT2D eigenvalue weighted by atomic mass is 10.1. The van der Waals surface area contributed by atoms with Gasteiger partial charge in [-0.05, 0) is 44.5 Å². The third-order valence-corrected chi connectivity index (χ3v) is 4.54. The zero-order chi connectivity index (χ0) is 14.7. The second-order valence-corrected chi connectivity index (χ2v) is 6.35. The van der Waals surface area contributed by atoms with Crippen molar-refractivity contribution in [1.82, 2.24) is 4.90 Å². The topological polar surface area (TPSA) is 32.5 Å². The van der Waals surface area contributed by atoms with Crippen molar-refractivity contribution >= 4 is 17.3 Å². The second kappa shape index (κ2) is 6.79. The lowest BCUT2D eigenvalue weighted by Crippen LogP contribution is -2.51. The van der Waals surface area contributed by atoms with Crippen molar-refractivity contribution in [3.8, 4) is 0 Å². The van der Waals surface area contributed by atoms with Gasteiger partial charge in [-0.15, -0.1) is 0 Å². The molecule has 1 aromatic rings. The highest BCUT2D eigenvalue weighted by atomic mass is 35.5. The minimum Gasteiger partial charge on any atom is -0.369 e. The van der Waals surface area contributed by atoms with Gasteiger partial charge < -0.3 is 10.6 Å². The molecule has 1 fully saturated rings. The molecule has 0 amide bonds. The van der Waals surface area contributed by atoms with Gasteiger partial charge in [0.2, 0.25) is 0 Å². The SMILES string of the molecule is CCC1CN(c2ccc(CC(C)N)c(Cl)c2)CCN1C. The van der Waals surface area contributed by atoms with E-state index in [-0.39, 0.29) is 6.04 Å². The van der Waals surface area contributed by atoms with E-state index in [4.69, 9.17) is 17.3 Å². The second-order valence-electron chi connectivity index (χ2n) is 5.95. The molecule has 2 unspecified atom stereocenters. The summed E-state index contributed by atoms with van der Waals surface area (Å²) in [6, 6.07) is 7.18. The van der Waals surface area contributed by atoms with E-state index >= 15 is 0 Å². The van der Waals surface area contributed by atoms with Crippen molar-refractivity contribution in [2.75, 3.05) is 31.6 Å². The molecule has 1 saturated heterocycles. The van der Waals surface area contributed by atoms with Crippen molar-refractivity contribution < 1.29 is 0 Å². The summed E-state index contributed by atoms with van der Waals surface area (Å²) >= 11 is 6.40. The van der Waals surface area contributed by atoms with E-state index in [2.05, 4.69) is 42.0 Å². The Morgan fingerprint density at radius 1 is 1.40 bits per heavy atom. The highest BCUT2D eigenvalue weighted by Gasteiger charge is 2.23. The Hall–Kier alpha value is -0.770. The fraction of sp³-hybridized carbons (Fsp3) is 0.625. The molecule has 2 N–H and O–H groups in total. The van der Waals surface area contributed by atoms with Crippen LogP contribution in [0.3, 0.4) is 0 Å². The van der Waals surface area contributed by atoms with Gasteiger partial charge in [-0.1, -0.05) is 24.6 Å². The third-order valence-electron chi connectivity index (χ3n) is 4.19. The number of rotatable bonds is 4. The fourth-order valence-electron chi connectivity index (χ4n) is 2.87. The molecule has 0 saturated carbocycles. The van der Waals surface area contributed by atoms with Gasteiger partial charge in [0, 0.05) is 42.4 Å². The predicted molar refractivity (Wildman–Crippen MR) is 87.7 cm³/mol. The van der Waals surface area contributed by atoms with Crippen LogP contribution < -0.4 is 10.6 Å². The van der Waals surface area contributed by atoms with Gasteiger partial charge in [-0.3, -0.25) is 4.90 Å². The lowest BCUT2D eigenvalue weighted by Gasteiger charge is -2.40. The predicted octanol–water partition coefficient (Wildman–Crippen LogP) is 2.76. The molecule has 0 spiro atoms. The number of likely N-dealkylation sites (N-methyl/N-ethyl adjacent to an activating group) is 1. The number of benzene rings is 1. The molecule has 1 aliphatic heterocycles. The van der Waals surface area contributed by atoms with Crippen LogP contribution in [-0.4, -0.2) is 43.7 Å². The summed E-state index contributed by atoms with van der Waals surface area (Å²) < 4.78 is 0. The maximum Gasteiger partial charge on any atom is 0.0459 e. The Morgan fingerprint density at radius 2 is 2.15 bits per heavy atom. The standard InChI is InChI=1S/C16H26ClN3/c1-4-14-11-20(8-7-19(14)3)15-6-5-13(9-12(2)18)16(17)10-15/h5-6,10,12,14H,4,7-9,11,18H2,1-3H3. The molecule has 0 radical (unpaired) electrons. The van der Waals surface area contributed by atoms with E-state index in [1.807, 2.05) is 6.92 Å². The van der Waals surface area contributed by atoms with Gasteiger partial charge in [0.15, 0.2) is 0 Å². The first-order valence-corrected chi connectivity index (χ1v) is 7.88. The summed E-state index contributed by atoms with van der Waals surface area (Å²) in [5, 5.41) is 0.840. The summed E-state index contributed by atoms with van der Waals surface area (Å²) in [6.07, 6.45) is 2.02. The monoisotopic (exact) mass is 295 g/mol. The van der Waals surface area contributed by atoms with Crippen LogP contribution in [0.25, 0.3) is 0 Å². The van der Waals surface area contributed by atoms with Crippen molar-refractivity contribution in [2.45, 2.75) is 38.8 Å². The minimum absolute atomic E-state index is 0.145. The Morgan fingerprint density at radius 3 is 2.75 bits per heavy atom. The lowest BCUT2D eigenvalue weighted by molar-refractivity contribution is 0.213. The number of anilines is 1. The Balaban J connectivity index is 2.11. The Bertz CT molecular complexity index is 447. The van der Waals surface area contributed by atoms with Crippen LogP contribution in [0.2, 0.25) is 5.02 Å². The van der Waals surface area contributed by atoms with Gasteiger partial charge in [-0.2, -0.15) is 0 Å². The average Bonchev–Trinajstić information content (AvgIpc) is 2.41. The summed E-state index contributed by atoms with van der Waals surface area (Å²) in [4.78, 5) is 4.89. The first-order chi connectivity index (χ1) is 9.51. The summed E-state index contributed by atoms with van der Waals surface area (Å²) in [5.74, 6) is 0. The summed E-state index contributed by atoms with van der Waals surface area (Å²) in [5.41, 5.74) is 8.23. The number of nitrogens with zero attached hydrogens (tertiary/aromatic N) is 2. The van der Waals surface area contributed by atoms with Crippen LogP contribution in [0.5, 0.6) is 0 Å². The van der Waals surface area contributed by atoms with Gasteiger partial charge in [0.1, 0.15) is 0 Å². The first kappa shape index (κ1) is 15.6. The van der Waals surface area contributed by atoms with Gasteiger partial charge in [0.05, 0.1) is 0 Å². The molecule has 2 rings (SSSR count). The molecule has 0 aliphatic carbocycles. The average molecular weight is 296 g/mol. The van der Waals surface area contributed by atoms with Crippen LogP contribution >= 0.6 is 11.6 Å². The van der Waals surface area contributed by atoms with E-state index < -0.39 is 0 Å². The van der Waals surface area contributed by atoms with Gasteiger partial charge in [0.25, 0.3) is 0 Å². The highest BCUT2D eigenvalue weighted by Crippen LogP contribution is 2.26. The molecule has 3 nitrogen and oxygen atoms in total. The van der Waals surface area contributed by atoms with E-state index in [0.29, 0.717) is 6.04 Å². The molecule has 20 heavy (non-hydrogen) atoms. The molecule has 1 aliphatic rings. The minimum atomic E-state index is 0.145. The third kappa shape index (κ3) is 3.66. The zero-order valence-electron chi connectivity index (χ0n) is 12.8. The van der Waals surface area contributed by atoms with E-state index in [9.17, 15) is 0 Å². The zero-order valence-corrected chi connectivity index (χ0v) is 13.5. The van der Waals surface area contributed by atoms with E-state index in [1.165, 1.54) is 12.1 Å². The maximum atomic E-state index is 6.40. The van der Waals surface area contributed by atoms with Crippen molar-refractivity contribution in [1.29, 1.82) is 0 Å². The molecule has 1 aromatic carbocycles. The van der Waals surface area contributed by atoms with Crippen molar-refractivity contribution in [2.24, 2.45) is 5.73 Å². The van der Waals surface area contributed by atoms with Crippen LogP contribution in [-0.2, 0) is 6.42 Å². The summed E-state index contributed by atoms with van der Waals surface area (Å²) in [7, 11) is 2.21. The van der Waals surface area contributed by atoms with Crippen LogP contribution in [0, 0.1) is 0 Å². The van der Waals surface area contributed by atoms with Crippen LogP contribution in [0.4, 0.5) is 5.69 Å². The Labute approximate surface area is 127 Å². The molecule has 4 heteroatoms. The number of nitrogens with two attached hydrogens (primary N) is 1. The van der Waals surface area contributed by atoms with Crippen LogP contribution in [0.1, 0.15) is 25.8 Å². The smallest absolute Gasteiger partial charge is 0.0459 e. The van der Waals surface area contributed by atoms with Crippen molar-refractivity contribution in [3.05, 3.63) is 28.8 Å². The Kier molecular flexibility index (Phi) is 5.30. The number of halogens is 1. The van der Waals surface area contributed by atoms with E-state index in [1.54, 1.807) is 0 Å². The largest absolute Gasteiger partial charge is 0.369 e. The quantitative estimate of drug-likeness (QED) is 0.927. The molecular formula is C16H26ClN3. The number of hydrogen-bond donors (Lipinski definition) is 1. The van der Waals surface area contributed by atoms with Crippen LogP contribution in [0.15, 0.2) is 18.2 Å². The molecule has 1 heterocycles. The van der Waals surface area contributed by atoms with Gasteiger partial charge in [-0.25, -0.2) is 0 Å². The normalized spacial score (nSPS) is 22.1. The summed E-state index contributed by atoms with van der Waals surface area (Å²) in [6.45, 7) is 7.52. The fourth-order valence-corrected chi connectivity index (χ4v) is 3.12. The molecule has 0 bridgehead atoms. The molecule has 0 aromatic heterocycles.